The van der Waals surface area contributed by atoms with E-state index in [9.17, 15) is 4.79 Å². The highest BCUT2D eigenvalue weighted by molar-refractivity contribution is 5.91. The van der Waals surface area contributed by atoms with E-state index in [0.29, 0.717) is 13.1 Å². The molecular weight excluding hydrogens is 238 g/mol. The van der Waals surface area contributed by atoms with E-state index in [-0.39, 0.29) is 6.03 Å². The quantitative estimate of drug-likeness (QED) is 0.743. The Morgan fingerprint density at radius 1 is 1.26 bits per heavy atom. The van der Waals surface area contributed by atoms with E-state index < -0.39 is 0 Å². The number of carbonyl (C=O) groups is 1. The number of hydrogen-bond donors (Lipinski definition) is 2. The third-order valence-electron chi connectivity index (χ3n) is 2.98. The molecule has 0 radical (unpaired) electrons. The summed E-state index contributed by atoms with van der Waals surface area (Å²) in [5, 5.41) is 2.95. The van der Waals surface area contributed by atoms with Crippen LogP contribution in [-0.4, -0.2) is 25.7 Å². The first kappa shape index (κ1) is 15.5. The Labute approximate surface area is 116 Å². The molecule has 0 saturated carbocycles. The van der Waals surface area contributed by atoms with Gasteiger partial charge in [-0.25, -0.2) is 4.79 Å². The predicted molar refractivity (Wildman–Crippen MR) is 80.5 cm³/mol. The van der Waals surface area contributed by atoms with Crippen LogP contribution in [0.3, 0.4) is 0 Å². The lowest BCUT2D eigenvalue weighted by Gasteiger charge is -2.23. The van der Waals surface area contributed by atoms with E-state index in [0.717, 1.165) is 31.5 Å². The first-order valence-corrected chi connectivity index (χ1v) is 7.01. The molecule has 1 aromatic carbocycles. The second-order valence-corrected chi connectivity index (χ2v) is 4.71. The third-order valence-corrected chi connectivity index (χ3v) is 2.98. The van der Waals surface area contributed by atoms with Crippen molar-refractivity contribution in [1.82, 2.24) is 5.32 Å². The summed E-state index contributed by atoms with van der Waals surface area (Å²) in [6.07, 6.45) is 2.88. The Balaban J connectivity index is 2.70. The van der Waals surface area contributed by atoms with Gasteiger partial charge in [-0.2, -0.15) is 0 Å². The minimum Gasteiger partial charge on any atom is -0.338 e. The standard InChI is InChI=1S/C15H25N3O/c1-3-4-11-17-15(19)18(12-5-10-16)14-8-6-13(2)7-9-14/h6-9H,3-5,10-12,16H2,1-2H3,(H,17,19). The molecule has 19 heavy (non-hydrogen) atoms. The number of urea groups is 1. The van der Waals surface area contributed by atoms with Crippen LogP contribution in [0.1, 0.15) is 31.7 Å². The largest absolute Gasteiger partial charge is 0.338 e. The van der Waals surface area contributed by atoms with Crippen molar-refractivity contribution in [3.8, 4) is 0 Å². The van der Waals surface area contributed by atoms with E-state index in [2.05, 4.69) is 12.2 Å². The van der Waals surface area contributed by atoms with Crippen LogP contribution < -0.4 is 16.0 Å². The van der Waals surface area contributed by atoms with Crippen LogP contribution in [0.4, 0.5) is 10.5 Å². The number of amides is 2. The van der Waals surface area contributed by atoms with Crippen molar-refractivity contribution in [3.05, 3.63) is 29.8 Å². The Hall–Kier alpha value is -1.55. The monoisotopic (exact) mass is 263 g/mol. The van der Waals surface area contributed by atoms with Crippen LogP contribution in [0.2, 0.25) is 0 Å². The molecule has 0 spiro atoms. The van der Waals surface area contributed by atoms with Crippen molar-refractivity contribution in [2.75, 3.05) is 24.5 Å². The van der Waals surface area contributed by atoms with E-state index in [1.165, 1.54) is 5.56 Å². The zero-order valence-corrected chi connectivity index (χ0v) is 12.0. The Kier molecular flexibility index (Phi) is 6.97. The molecular formula is C15H25N3O. The van der Waals surface area contributed by atoms with Gasteiger partial charge in [0.15, 0.2) is 0 Å². The van der Waals surface area contributed by atoms with Gasteiger partial charge in [0.1, 0.15) is 0 Å². The lowest BCUT2D eigenvalue weighted by atomic mass is 10.2. The van der Waals surface area contributed by atoms with Crippen molar-refractivity contribution >= 4 is 11.7 Å². The number of benzene rings is 1. The van der Waals surface area contributed by atoms with Gasteiger partial charge in [-0.15, -0.1) is 0 Å². The first-order valence-electron chi connectivity index (χ1n) is 7.01. The van der Waals surface area contributed by atoms with Crippen LogP contribution in [0.15, 0.2) is 24.3 Å². The van der Waals surface area contributed by atoms with E-state index >= 15 is 0 Å². The maximum absolute atomic E-state index is 12.2. The molecule has 1 aromatic rings. The van der Waals surface area contributed by atoms with Crippen LogP contribution in [-0.2, 0) is 0 Å². The van der Waals surface area contributed by atoms with Gasteiger partial charge in [0, 0.05) is 18.8 Å². The number of hydrogen-bond acceptors (Lipinski definition) is 2. The Bertz CT molecular complexity index is 375. The third kappa shape index (κ3) is 5.30. The summed E-state index contributed by atoms with van der Waals surface area (Å²) in [7, 11) is 0. The molecule has 2 amide bonds. The maximum atomic E-state index is 12.2. The summed E-state index contributed by atoms with van der Waals surface area (Å²) in [6.45, 7) is 6.11. The highest BCUT2D eigenvalue weighted by Gasteiger charge is 2.14. The van der Waals surface area contributed by atoms with E-state index in [1.54, 1.807) is 4.90 Å². The van der Waals surface area contributed by atoms with Crippen molar-refractivity contribution in [1.29, 1.82) is 0 Å². The number of rotatable bonds is 7. The number of anilines is 1. The van der Waals surface area contributed by atoms with Gasteiger partial charge in [-0.3, -0.25) is 4.90 Å². The van der Waals surface area contributed by atoms with Gasteiger partial charge in [0.25, 0.3) is 0 Å². The summed E-state index contributed by atoms with van der Waals surface area (Å²) in [6, 6.07) is 7.95. The van der Waals surface area contributed by atoms with E-state index in [4.69, 9.17) is 5.73 Å². The number of nitrogens with two attached hydrogens (primary N) is 1. The number of unbranched alkanes of at least 4 members (excludes halogenated alkanes) is 1. The minimum atomic E-state index is -0.0363. The molecule has 0 bridgehead atoms. The fourth-order valence-corrected chi connectivity index (χ4v) is 1.79. The number of nitrogens with zero attached hydrogens (tertiary/aromatic N) is 1. The summed E-state index contributed by atoms with van der Waals surface area (Å²) in [4.78, 5) is 13.9. The molecule has 0 unspecified atom stereocenters. The molecule has 0 heterocycles. The SMILES string of the molecule is CCCCNC(=O)N(CCCN)c1ccc(C)cc1. The Morgan fingerprint density at radius 3 is 2.53 bits per heavy atom. The van der Waals surface area contributed by atoms with Crippen molar-refractivity contribution < 1.29 is 4.79 Å². The first-order chi connectivity index (χ1) is 9.19. The topological polar surface area (TPSA) is 58.4 Å². The molecule has 0 atom stereocenters. The van der Waals surface area contributed by atoms with Crippen LogP contribution in [0, 0.1) is 6.92 Å². The normalized spacial score (nSPS) is 10.3. The molecule has 0 aromatic heterocycles. The molecule has 0 aliphatic heterocycles. The highest BCUT2D eigenvalue weighted by Crippen LogP contribution is 2.15. The van der Waals surface area contributed by atoms with Crippen molar-refractivity contribution in [3.63, 3.8) is 0 Å². The molecule has 0 aliphatic carbocycles. The second-order valence-electron chi connectivity index (χ2n) is 4.71. The summed E-state index contributed by atoms with van der Waals surface area (Å²) >= 11 is 0. The average molecular weight is 263 g/mol. The van der Waals surface area contributed by atoms with Crippen molar-refractivity contribution in [2.24, 2.45) is 5.73 Å². The second kappa shape index (κ2) is 8.53. The molecule has 106 valence electrons. The predicted octanol–water partition coefficient (Wildman–Crippen LogP) is 2.66. The molecule has 3 N–H and O–H groups in total. The van der Waals surface area contributed by atoms with Gasteiger partial charge >= 0.3 is 6.03 Å². The zero-order valence-electron chi connectivity index (χ0n) is 12.0. The van der Waals surface area contributed by atoms with Gasteiger partial charge < -0.3 is 11.1 Å². The number of nitrogens with one attached hydrogen (secondary N) is 1. The van der Waals surface area contributed by atoms with Gasteiger partial charge in [0.05, 0.1) is 0 Å². The summed E-state index contributed by atoms with van der Waals surface area (Å²) < 4.78 is 0. The molecule has 0 saturated heterocycles. The van der Waals surface area contributed by atoms with Crippen LogP contribution in [0.25, 0.3) is 0 Å². The summed E-state index contributed by atoms with van der Waals surface area (Å²) in [5.74, 6) is 0. The molecule has 4 heteroatoms. The number of carbonyl (C=O) groups excluding carboxylic acids is 1. The zero-order chi connectivity index (χ0) is 14.1. The molecule has 0 aliphatic rings. The average Bonchev–Trinajstić information content (AvgIpc) is 2.41. The number of aryl methyl sites for hydroxylation is 1. The van der Waals surface area contributed by atoms with Crippen LogP contribution >= 0.6 is 0 Å². The summed E-state index contributed by atoms with van der Waals surface area (Å²) in [5.41, 5.74) is 7.66. The molecule has 4 nitrogen and oxygen atoms in total. The smallest absolute Gasteiger partial charge is 0.321 e. The van der Waals surface area contributed by atoms with E-state index in [1.807, 2.05) is 31.2 Å². The van der Waals surface area contributed by atoms with Crippen LogP contribution in [0.5, 0.6) is 0 Å². The molecule has 0 fully saturated rings. The maximum Gasteiger partial charge on any atom is 0.321 e. The minimum absolute atomic E-state index is 0.0363. The van der Waals surface area contributed by atoms with Crippen molar-refractivity contribution in [2.45, 2.75) is 33.1 Å². The van der Waals surface area contributed by atoms with Gasteiger partial charge in [-0.1, -0.05) is 31.0 Å². The Morgan fingerprint density at radius 2 is 1.95 bits per heavy atom. The lowest BCUT2D eigenvalue weighted by molar-refractivity contribution is 0.246. The van der Waals surface area contributed by atoms with Gasteiger partial charge in [-0.05, 0) is 38.4 Å². The fraction of sp³-hybridized carbons (Fsp3) is 0.533. The van der Waals surface area contributed by atoms with Gasteiger partial charge in [0.2, 0.25) is 0 Å². The highest BCUT2D eigenvalue weighted by atomic mass is 16.2. The molecule has 1 rings (SSSR count). The lowest BCUT2D eigenvalue weighted by Crippen LogP contribution is -2.41. The fourth-order valence-electron chi connectivity index (χ4n) is 1.79.